The van der Waals surface area contributed by atoms with E-state index in [9.17, 15) is 9.59 Å². The van der Waals surface area contributed by atoms with Crippen LogP contribution in [0.4, 0.5) is 0 Å². The van der Waals surface area contributed by atoms with Crippen molar-refractivity contribution < 1.29 is 9.59 Å². The van der Waals surface area contributed by atoms with E-state index < -0.39 is 5.91 Å². The molecule has 0 saturated carbocycles. The molecule has 1 aromatic rings. The van der Waals surface area contributed by atoms with Gasteiger partial charge in [0.15, 0.2) is 0 Å². The molecular weight excluding hydrogens is 206 g/mol. The zero-order valence-electron chi connectivity index (χ0n) is 9.36. The summed E-state index contributed by atoms with van der Waals surface area (Å²) in [5, 5.41) is 1.67. The molecule has 0 heterocycles. The number of nitrogens with zero attached hydrogens (tertiary/aromatic N) is 1. The van der Waals surface area contributed by atoms with Crippen molar-refractivity contribution in [1.29, 1.82) is 0 Å². The summed E-state index contributed by atoms with van der Waals surface area (Å²) in [7, 11) is 1.77. The first-order valence-corrected chi connectivity index (χ1v) is 4.96. The maximum atomic E-state index is 11.6. The fourth-order valence-corrected chi connectivity index (χ4v) is 1.10. The summed E-state index contributed by atoms with van der Waals surface area (Å²) in [5.41, 5.74) is 8.65. The van der Waals surface area contributed by atoms with Gasteiger partial charge in [0.25, 0.3) is 5.91 Å². The summed E-state index contributed by atoms with van der Waals surface area (Å²) in [6.07, 6.45) is 0. The lowest BCUT2D eigenvalue weighted by molar-refractivity contribution is 0.0834. The second-order valence-electron chi connectivity index (χ2n) is 3.40. The van der Waals surface area contributed by atoms with Crippen LogP contribution in [0.2, 0.25) is 0 Å². The van der Waals surface area contributed by atoms with Crippen LogP contribution in [0, 0.1) is 0 Å². The summed E-state index contributed by atoms with van der Waals surface area (Å²) < 4.78 is 0. The molecule has 0 saturated heterocycles. The number of hydrogen-bond acceptors (Lipinski definition) is 3. The van der Waals surface area contributed by atoms with Gasteiger partial charge < -0.3 is 5.73 Å². The van der Waals surface area contributed by atoms with Crippen molar-refractivity contribution in [3.8, 4) is 0 Å². The van der Waals surface area contributed by atoms with Gasteiger partial charge in [-0.1, -0.05) is 6.92 Å². The van der Waals surface area contributed by atoms with Crippen molar-refractivity contribution in [2.75, 3.05) is 13.6 Å². The monoisotopic (exact) mass is 221 g/mol. The highest BCUT2D eigenvalue weighted by atomic mass is 16.2. The summed E-state index contributed by atoms with van der Waals surface area (Å²) in [4.78, 5) is 22.4. The first kappa shape index (κ1) is 12.2. The smallest absolute Gasteiger partial charge is 0.265 e. The Morgan fingerprint density at radius 1 is 1.25 bits per heavy atom. The van der Waals surface area contributed by atoms with Crippen LogP contribution in [-0.2, 0) is 0 Å². The number of benzene rings is 1. The SMILES string of the molecule is CCN(C)NC(=O)c1ccc(C(N)=O)cc1. The average Bonchev–Trinajstić information content (AvgIpc) is 2.28. The van der Waals surface area contributed by atoms with Gasteiger partial charge in [0, 0.05) is 24.7 Å². The summed E-state index contributed by atoms with van der Waals surface area (Å²) >= 11 is 0. The van der Waals surface area contributed by atoms with Crippen molar-refractivity contribution in [3.63, 3.8) is 0 Å². The van der Waals surface area contributed by atoms with Crippen LogP contribution in [0.1, 0.15) is 27.6 Å². The summed E-state index contributed by atoms with van der Waals surface area (Å²) in [6, 6.07) is 6.20. The first-order chi connectivity index (χ1) is 7.54. The number of rotatable bonds is 4. The molecule has 0 unspecified atom stereocenters. The fourth-order valence-electron chi connectivity index (χ4n) is 1.10. The predicted octanol–water partition coefficient (Wildman–Crippen LogP) is 0.382. The minimum Gasteiger partial charge on any atom is -0.366 e. The van der Waals surface area contributed by atoms with Crippen LogP contribution in [0.15, 0.2) is 24.3 Å². The number of carbonyl (C=O) groups excluding carboxylic acids is 2. The van der Waals surface area contributed by atoms with Crippen molar-refractivity contribution >= 4 is 11.8 Å². The van der Waals surface area contributed by atoms with E-state index >= 15 is 0 Å². The molecule has 0 spiro atoms. The molecule has 0 radical (unpaired) electrons. The molecule has 0 aliphatic carbocycles. The Morgan fingerprint density at radius 2 is 1.75 bits per heavy atom. The van der Waals surface area contributed by atoms with Crippen LogP contribution in [0.3, 0.4) is 0 Å². The molecule has 3 N–H and O–H groups in total. The third-order valence-electron chi connectivity index (χ3n) is 2.20. The van der Waals surface area contributed by atoms with Crippen LogP contribution >= 0.6 is 0 Å². The van der Waals surface area contributed by atoms with Gasteiger partial charge in [-0.2, -0.15) is 0 Å². The molecular formula is C11H15N3O2. The average molecular weight is 221 g/mol. The minimum absolute atomic E-state index is 0.208. The van der Waals surface area contributed by atoms with E-state index in [4.69, 9.17) is 5.73 Å². The molecule has 0 aliphatic heterocycles. The van der Waals surface area contributed by atoms with E-state index in [0.29, 0.717) is 17.7 Å². The topological polar surface area (TPSA) is 75.4 Å². The molecule has 16 heavy (non-hydrogen) atoms. The number of nitrogens with one attached hydrogen (secondary N) is 1. The van der Waals surface area contributed by atoms with Crippen LogP contribution in [0.5, 0.6) is 0 Å². The van der Waals surface area contributed by atoms with Gasteiger partial charge in [0.05, 0.1) is 0 Å². The Morgan fingerprint density at radius 3 is 2.19 bits per heavy atom. The standard InChI is InChI=1S/C11H15N3O2/c1-3-14(2)13-11(16)9-6-4-8(5-7-9)10(12)15/h4-7H,3H2,1-2H3,(H2,12,15)(H,13,16). The van der Waals surface area contributed by atoms with Crippen LogP contribution < -0.4 is 11.2 Å². The van der Waals surface area contributed by atoms with Gasteiger partial charge >= 0.3 is 0 Å². The highest BCUT2D eigenvalue weighted by Crippen LogP contribution is 2.03. The van der Waals surface area contributed by atoms with Crippen molar-refractivity contribution in [1.82, 2.24) is 10.4 Å². The molecule has 86 valence electrons. The fraction of sp³-hybridized carbons (Fsp3) is 0.273. The van der Waals surface area contributed by atoms with Crippen molar-refractivity contribution in [3.05, 3.63) is 35.4 Å². The van der Waals surface area contributed by atoms with Crippen LogP contribution in [-0.4, -0.2) is 30.4 Å². The molecule has 1 rings (SSSR count). The first-order valence-electron chi connectivity index (χ1n) is 4.96. The number of amides is 2. The molecule has 1 aromatic carbocycles. The second kappa shape index (κ2) is 5.27. The third kappa shape index (κ3) is 3.06. The molecule has 0 bridgehead atoms. The zero-order chi connectivity index (χ0) is 12.1. The molecule has 5 nitrogen and oxygen atoms in total. The zero-order valence-corrected chi connectivity index (χ0v) is 9.36. The molecule has 5 heteroatoms. The minimum atomic E-state index is -0.502. The van der Waals surface area contributed by atoms with Gasteiger partial charge in [0.2, 0.25) is 5.91 Å². The Kier molecular flexibility index (Phi) is 4.02. The molecule has 0 atom stereocenters. The van der Waals surface area contributed by atoms with Crippen LogP contribution in [0.25, 0.3) is 0 Å². The molecule has 2 amide bonds. The lowest BCUT2D eigenvalue weighted by Crippen LogP contribution is -2.38. The van der Waals surface area contributed by atoms with E-state index in [-0.39, 0.29) is 5.91 Å². The Labute approximate surface area is 94.2 Å². The summed E-state index contributed by atoms with van der Waals surface area (Å²) in [6.45, 7) is 2.64. The Balaban J connectivity index is 2.74. The molecule has 0 aromatic heterocycles. The van der Waals surface area contributed by atoms with Gasteiger partial charge in [-0.25, -0.2) is 5.01 Å². The normalized spacial score (nSPS) is 10.2. The predicted molar refractivity (Wildman–Crippen MR) is 60.7 cm³/mol. The van der Waals surface area contributed by atoms with E-state index in [2.05, 4.69) is 5.43 Å². The number of hydrazine groups is 1. The number of primary amides is 1. The lowest BCUT2D eigenvalue weighted by atomic mass is 10.1. The van der Waals surface area contributed by atoms with Crippen molar-refractivity contribution in [2.45, 2.75) is 6.92 Å². The maximum absolute atomic E-state index is 11.6. The summed E-state index contributed by atoms with van der Waals surface area (Å²) in [5.74, 6) is -0.710. The largest absolute Gasteiger partial charge is 0.366 e. The molecule has 0 fully saturated rings. The second-order valence-corrected chi connectivity index (χ2v) is 3.40. The third-order valence-corrected chi connectivity index (χ3v) is 2.20. The van der Waals surface area contributed by atoms with E-state index in [1.807, 2.05) is 6.92 Å². The quantitative estimate of drug-likeness (QED) is 0.722. The van der Waals surface area contributed by atoms with Gasteiger partial charge in [0.1, 0.15) is 0 Å². The van der Waals surface area contributed by atoms with Gasteiger partial charge in [-0.05, 0) is 24.3 Å². The van der Waals surface area contributed by atoms with E-state index in [0.717, 1.165) is 0 Å². The number of hydrogen-bond donors (Lipinski definition) is 2. The number of carbonyl (C=O) groups is 2. The van der Waals surface area contributed by atoms with Crippen molar-refractivity contribution in [2.24, 2.45) is 5.73 Å². The number of nitrogens with two attached hydrogens (primary N) is 1. The van der Waals surface area contributed by atoms with E-state index in [1.54, 1.807) is 24.2 Å². The Hall–Kier alpha value is -1.88. The van der Waals surface area contributed by atoms with Gasteiger partial charge in [-0.15, -0.1) is 0 Å². The highest BCUT2D eigenvalue weighted by Gasteiger charge is 2.07. The van der Waals surface area contributed by atoms with E-state index in [1.165, 1.54) is 12.1 Å². The molecule has 0 aliphatic rings. The van der Waals surface area contributed by atoms with Gasteiger partial charge in [-0.3, -0.25) is 15.0 Å². The highest BCUT2D eigenvalue weighted by molar-refractivity contribution is 5.96. The Bertz CT molecular complexity index is 387. The lowest BCUT2D eigenvalue weighted by Gasteiger charge is -2.15. The maximum Gasteiger partial charge on any atom is 0.265 e.